The van der Waals surface area contributed by atoms with Gasteiger partial charge < -0.3 is 0 Å². The first kappa shape index (κ1) is 8.73. The minimum absolute atomic E-state index is 0.0554. The lowest BCUT2D eigenvalue weighted by atomic mass is 10.2. The molecule has 1 aliphatic carbocycles. The van der Waals surface area contributed by atoms with Crippen LogP contribution in [0, 0.1) is 5.92 Å². The molecule has 0 amide bonds. The molecular formula is C11H15N2. The van der Waals surface area contributed by atoms with Gasteiger partial charge in [-0.1, -0.05) is 30.3 Å². The Morgan fingerprint density at radius 3 is 2.62 bits per heavy atom. The van der Waals surface area contributed by atoms with E-state index in [1.807, 2.05) is 18.2 Å². The van der Waals surface area contributed by atoms with Gasteiger partial charge in [0, 0.05) is 6.54 Å². The maximum Gasteiger partial charge on any atom is 0.0735 e. The first-order valence-electron chi connectivity index (χ1n) is 4.84. The quantitative estimate of drug-likeness (QED) is 0.744. The summed E-state index contributed by atoms with van der Waals surface area (Å²) in [6.07, 6.45) is 2.41. The zero-order valence-electron chi connectivity index (χ0n) is 7.66. The smallest absolute Gasteiger partial charge is 0.0735 e. The lowest BCUT2D eigenvalue weighted by Gasteiger charge is -2.11. The van der Waals surface area contributed by atoms with Crippen molar-refractivity contribution in [3.63, 3.8) is 0 Å². The molecule has 0 bridgehead atoms. The van der Waals surface area contributed by atoms with Crippen molar-refractivity contribution in [3.05, 3.63) is 35.9 Å². The summed E-state index contributed by atoms with van der Waals surface area (Å²) >= 11 is 0. The van der Waals surface area contributed by atoms with Gasteiger partial charge in [-0.3, -0.25) is 5.32 Å². The average Bonchev–Trinajstić information content (AvgIpc) is 2.99. The van der Waals surface area contributed by atoms with Gasteiger partial charge in [-0.2, -0.15) is 0 Å². The second-order valence-corrected chi connectivity index (χ2v) is 3.68. The molecule has 2 N–H and O–H groups in total. The van der Waals surface area contributed by atoms with Gasteiger partial charge >= 0.3 is 0 Å². The van der Waals surface area contributed by atoms with Crippen LogP contribution in [0.1, 0.15) is 18.4 Å². The molecule has 2 nitrogen and oxygen atoms in total. The number of hydrogen-bond donors (Lipinski definition) is 1. The fourth-order valence-corrected chi connectivity index (χ4v) is 1.42. The van der Waals surface area contributed by atoms with E-state index in [1.54, 1.807) is 0 Å². The van der Waals surface area contributed by atoms with E-state index in [2.05, 4.69) is 17.4 Å². The van der Waals surface area contributed by atoms with E-state index in [1.165, 1.54) is 18.4 Å². The van der Waals surface area contributed by atoms with Crippen LogP contribution in [0.5, 0.6) is 0 Å². The standard InChI is InChI=1S/C11H15N2/c12-11(10-6-7-10)13-8-9-4-2-1-3-5-9/h1-5,10-13H,6-8H2. The topological polar surface area (TPSA) is 35.8 Å². The molecule has 0 aromatic heterocycles. The van der Waals surface area contributed by atoms with Gasteiger partial charge in [-0.05, 0) is 24.3 Å². The highest BCUT2D eigenvalue weighted by atomic mass is 15.0. The lowest BCUT2D eigenvalue weighted by molar-refractivity contribution is 0.463. The molecule has 0 saturated heterocycles. The Hall–Kier alpha value is -0.860. The summed E-state index contributed by atoms with van der Waals surface area (Å²) in [5, 5.41) is 3.23. The summed E-state index contributed by atoms with van der Waals surface area (Å²) in [5.74, 6) is 0.615. The molecule has 0 heterocycles. The molecule has 1 saturated carbocycles. The van der Waals surface area contributed by atoms with Crippen LogP contribution in [0.4, 0.5) is 0 Å². The van der Waals surface area contributed by atoms with Gasteiger partial charge in [-0.25, -0.2) is 5.73 Å². The van der Waals surface area contributed by atoms with E-state index < -0.39 is 0 Å². The molecule has 1 unspecified atom stereocenters. The third-order valence-electron chi connectivity index (χ3n) is 2.46. The summed E-state index contributed by atoms with van der Waals surface area (Å²) in [7, 11) is 0. The van der Waals surface area contributed by atoms with Crippen molar-refractivity contribution in [2.24, 2.45) is 5.92 Å². The monoisotopic (exact) mass is 175 g/mol. The fourth-order valence-electron chi connectivity index (χ4n) is 1.42. The molecular weight excluding hydrogens is 160 g/mol. The Bertz CT molecular complexity index is 254. The molecule has 1 atom stereocenters. The fraction of sp³-hybridized carbons (Fsp3) is 0.455. The lowest BCUT2D eigenvalue weighted by Crippen LogP contribution is -2.31. The van der Waals surface area contributed by atoms with E-state index in [4.69, 9.17) is 5.73 Å². The highest BCUT2D eigenvalue weighted by molar-refractivity contribution is 5.14. The van der Waals surface area contributed by atoms with Crippen LogP contribution in [0.2, 0.25) is 0 Å². The van der Waals surface area contributed by atoms with Crippen molar-refractivity contribution < 1.29 is 0 Å². The molecule has 0 spiro atoms. The van der Waals surface area contributed by atoms with E-state index in [9.17, 15) is 0 Å². The predicted octanol–water partition coefficient (Wildman–Crippen LogP) is 1.80. The second-order valence-electron chi connectivity index (χ2n) is 3.68. The number of nitrogens with one attached hydrogen (secondary N) is 2. The molecule has 1 aromatic carbocycles. The van der Waals surface area contributed by atoms with Crippen LogP contribution in [-0.4, -0.2) is 6.17 Å². The van der Waals surface area contributed by atoms with E-state index in [0.29, 0.717) is 5.92 Å². The van der Waals surface area contributed by atoms with Crippen LogP contribution in [-0.2, 0) is 6.54 Å². The van der Waals surface area contributed by atoms with Gasteiger partial charge in [0.2, 0.25) is 0 Å². The molecule has 1 aliphatic rings. The molecule has 2 heteroatoms. The molecule has 1 aromatic rings. The second kappa shape index (κ2) is 3.90. The Balaban J connectivity index is 1.78. The highest BCUT2D eigenvalue weighted by Crippen LogP contribution is 2.31. The Labute approximate surface area is 79.1 Å². The van der Waals surface area contributed by atoms with Crippen LogP contribution < -0.4 is 11.1 Å². The van der Waals surface area contributed by atoms with Gasteiger partial charge in [0.15, 0.2) is 0 Å². The van der Waals surface area contributed by atoms with E-state index in [-0.39, 0.29) is 6.17 Å². The van der Waals surface area contributed by atoms with Gasteiger partial charge in [-0.15, -0.1) is 0 Å². The maximum atomic E-state index is 7.73. The molecule has 13 heavy (non-hydrogen) atoms. The van der Waals surface area contributed by atoms with Gasteiger partial charge in [0.25, 0.3) is 0 Å². The SMILES string of the molecule is [NH]C(NCc1ccccc1)C1CC1. The third kappa shape index (κ3) is 2.54. The molecule has 1 fully saturated rings. The van der Waals surface area contributed by atoms with Crippen LogP contribution >= 0.6 is 0 Å². The third-order valence-corrected chi connectivity index (χ3v) is 2.46. The van der Waals surface area contributed by atoms with Crippen molar-refractivity contribution in [2.75, 3.05) is 0 Å². The van der Waals surface area contributed by atoms with Crippen LogP contribution in [0.25, 0.3) is 0 Å². The van der Waals surface area contributed by atoms with E-state index >= 15 is 0 Å². The summed E-state index contributed by atoms with van der Waals surface area (Å²) in [4.78, 5) is 0. The van der Waals surface area contributed by atoms with Crippen molar-refractivity contribution in [3.8, 4) is 0 Å². The summed E-state index contributed by atoms with van der Waals surface area (Å²) < 4.78 is 0. The zero-order valence-corrected chi connectivity index (χ0v) is 7.66. The van der Waals surface area contributed by atoms with Crippen LogP contribution in [0.15, 0.2) is 30.3 Å². The van der Waals surface area contributed by atoms with Crippen molar-refractivity contribution >= 4 is 0 Å². The predicted molar refractivity (Wildman–Crippen MR) is 52.9 cm³/mol. The summed E-state index contributed by atoms with van der Waals surface area (Å²) in [6, 6.07) is 10.3. The van der Waals surface area contributed by atoms with Gasteiger partial charge in [0.05, 0.1) is 6.17 Å². The summed E-state index contributed by atoms with van der Waals surface area (Å²) in [6.45, 7) is 0.825. The molecule has 69 valence electrons. The largest absolute Gasteiger partial charge is 0.297 e. The maximum absolute atomic E-state index is 7.73. The zero-order chi connectivity index (χ0) is 9.10. The molecule has 1 radical (unpaired) electrons. The first-order valence-corrected chi connectivity index (χ1v) is 4.84. The Morgan fingerprint density at radius 2 is 2.00 bits per heavy atom. The molecule has 2 rings (SSSR count). The van der Waals surface area contributed by atoms with Crippen molar-refractivity contribution in [1.82, 2.24) is 11.1 Å². The van der Waals surface area contributed by atoms with Crippen LogP contribution in [0.3, 0.4) is 0 Å². The normalized spacial score (nSPS) is 18.5. The number of benzene rings is 1. The first-order chi connectivity index (χ1) is 6.36. The Morgan fingerprint density at radius 1 is 1.31 bits per heavy atom. The highest BCUT2D eigenvalue weighted by Gasteiger charge is 2.28. The average molecular weight is 175 g/mol. The van der Waals surface area contributed by atoms with Crippen molar-refractivity contribution in [2.45, 2.75) is 25.6 Å². The summed E-state index contributed by atoms with van der Waals surface area (Å²) in [5.41, 5.74) is 8.99. The minimum atomic E-state index is -0.0554. The molecule has 0 aliphatic heterocycles. The number of rotatable bonds is 4. The Kier molecular flexibility index (Phi) is 2.62. The van der Waals surface area contributed by atoms with Gasteiger partial charge in [0.1, 0.15) is 0 Å². The minimum Gasteiger partial charge on any atom is -0.297 e. The number of hydrogen-bond acceptors (Lipinski definition) is 1. The van der Waals surface area contributed by atoms with Crippen molar-refractivity contribution in [1.29, 1.82) is 0 Å². The van der Waals surface area contributed by atoms with E-state index in [0.717, 1.165) is 6.54 Å².